The number of hydrogen-bond donors (Lipinski definition) is 2. The van der Waals surface area contributed by atoms with Crippen molar-refractivity contribution in [3.8, 4) is 0 Å². The molecule has 1 unspecified atom stereocenters. The maximum absolute atomic E-state index is 12.2. The SMILES string of the molecule is CCC(C)NC(=O)c1ccc(N=CC2=C(O)CC(C)(C)CC2=O)cc1. The summed E-state index contributed by atoms with van der Waals surface area (Å²) in [6, 6.07) is 6.96. The Kier molecular flexibility index (Phi) is 5.77. The summed E-state index contributed by atoms with van der Waals surface area (Å²) in [5, 5.41) is 13.0. The first-order chi connectivity index (χ1) is 11.7. The lowest BCUT2D eigenvalue weighted by molar-refractivity contribution is -0.117. The van der Waals surface area contributed by atoms with Crippen LogP contribution in [0.3, 0.4) is 0 Å². The number of amides is 1. The van der Waals surface area contributed by atoms with E-state index in [1.54, 1.807) is 24.3 Å². The summed E-state index contributed by atoms with van der Waals surface area (Å²) in [5.41, 5.74) is 1.25. The van der Waals surface area contributed by atoms with Crippen LogP contribution in [0.5, 0.6) is 0 Å². The summed E-state index contributed by atoms with van der Waals surface area (Å²) in [4.78, 5) is 28.5. The summed E-state index contributed by atoms with van der Waals surface area (Å²) in [5.74, 6) is -0.119. The molecule has 0 radical (unpaired) electrons. The first kappa shape index (κ1) is 18.9. The third-order valence-corrected chi connectivity index (χ3v) is 4.36. The molecule has 1 amide bonds. The van der Waals surface area contributed by atoms with Crippen LogP contribution in [0.2, 0.25) is 0 Å². The van der Waals surface area contributed by atoms with E-state index in [-0.39, 0.29) is 34.5 Å². The minimum atomic E-state index is -0.219. The highest BCUT2D eigenvalue weighted by Crippen LogP contribution is 2.35. The Bertz CT molecular complexity index is 715. The van der Waals surface area contributed by atoms with Crippen molar-refractivity contribution >= 4 is 23.6 Å². The summed E-state index contributed by atoms with van der Waals surface area (Å²) < 4.78 is 0. The Morgan fingerprint density at radius 3 is 2.52 bits per heavy atom. The van der Waals surface area contributed by atoms with Gasteiger partial charge in [0.1, 0.15) is 5.76 Å². The normalized spacial score (nSPS) is 18.5. The highest BCUT2D eigenvalue weighted by Gasteiger charge is 2.32. The molecule has 0 bridgehead atoms. The van der Waals surface area contributed by atoms with E-state index in [1.165, 1.54) is 6.21 Å². The minimum absolute atomic E-state index is 0.0922. The lowest BCUT2D eigenvalue weighted by Gasteiger charge is -2.28. The Hall–Kier alpha value is -2.43. The van der Waals surface area contributed by atoms with E-state index in [9.17, 15) is 14.7 Å². The third-order valence-electron chi connectivity index (χ3n) is 4.36. The average molecular weight is 342 g/mol. The maximum Gasteiger partial charge on any atom is 0.251 e. The standard InChI is InChI=1S/C20H26N2O3/c1-5-13(2)22-19(25)14-6-8-15(9-7-14)21-12-16-17(23)10-20(3,4)11-18(16)24/h6-9,12-13,23H,5,10-11H2,1-4H3,(H,22,25). The molecule has 0 fully saturated rings. The van der Waals surface area contributed by atoms with Gasteiger partial charge in [-0.2, -0.15) is 0 Å². The average Bonchev–Trinajstić information content (AvgIpc) is 2.53. The van der Waals surface area contributed by atoms with Gasteiger partial charge < -0.3 is 10.4 Å². The number of benzene rings is 1. The number of Topliss-reactive ketones (excluding diaryl/α,β-unsaturated/α-hetero) is 1. The van der Waals surface area contributed by atoms with E-state index in [2.05, 4.69) is 10.3 Å². The van der Waals surface area contributed by atoms with Crippen molar-refractivity contribution in [3.05, 3.63) is 41.2 Å². The van der Waals surface area contributed by atoms with Crippen molar-refractivity contribution in [2.75, 3.05) is 0 Å². The zero-order chi connectivity index (χ0) is 18.6. The number of aliphatic hydroxyl groups excluding tert-OH is 1. The molecule has 5 nitrogen and oxygen atoms in total. The summed E-state index contributed by atoms with van der Waals surface area (Å²) in [7, 11) is 0. The number of carbonyl (C=O) groups is 2. The number of aliphatic hydroxyl groups is 1. The van der Waals surface area contributed by atoms with Crippen LogP contribution >= 0.6 is 0 Å². The van der Waals surface area contributed by atoms with Gasteiger partial charge in [-0.15, -0.1) is 0 Å². The van der Waals surface area contributed by atoms with Gasteiger partial charge in [0.15, 0.2) is 5.78 Å². The summed E-state index contributed by atoms with van der Waals surface area (Å²) >= 11 is 0. The fraction of sp³-hybridized carbons (Fsp3) is 0.450. The molecule has 5 heteroatoms. The van der Waals surface area contributed by atoms with E-state index in [0.717, 1.165) is 6.42 Å². The van der Waals surface area contributed by atoms with Crippen LogP contribution in [0, 0.1) is 5.41 Å². The van der Waals surface area contributed by atoms with Gasteiger partial charge in [0.25, 0.3) is 5.91 Å². The van der Waals surface area contributed by atoms with E-state index >= 15 is 0 Å². The largest absolute Gasteiger partial charge is 0.511 e. The van der Waals surface area contributed by atoms with Gasteiger partial charge in [-0.1, -0.05) is 20.8 Å². The van der Waals surface area contributed by atoms with E-state index in [4.69, 9.17) is 0 Å². The molecule has 2 rings (SSSR count). The van der Waals surface area contributed by atoms with Crippen molar-refractivity contribution in [1.29, 1.82) is 0 Å². The molecule has 134 valence electrons. The Morgan fingerprint density at radius 2 is 1.96 bits per heavy atom. The van der Waals surface area contributed by atoms with Crippen LogP contribution in [0.1, 0.15) is 57.3 Å². The van der Waals surface area contributed by atoms with Crippen molar-refractivity contribution in [2.45, 2.75) is 53.0 Å². The number of aliphatic imine (C=N–C) groups is 1. The molecular weight excluding hydrogens is 316 g/mol. The highest BCUT2D eigenvalue weighted by atomic mass is 16.3. The predicted molar refractivity (Wildman–Crippen MR) is 99.5 cm³/mol. The second-order valence-electron chi connectivity index (χ2n) is 7.39. The molecule has 1 aliphatic rings. The molecule has 2 N–H and O–H groups in total. The highest BCUT2D eigenvalue weighted by molar-refractivity contribution is 6.14. The quantitative estimate of drug-likeness (QED) is 0.790. The van der Waals surface area contributed by atoms with Crippen LogP contribution in [0.4, 0.5) is 5.69 Å². The second-order valence-corrected chi connectivity index (χ2v) is 7.39. The fourth-order valence-corrected chi connectivity index (χ4v) is 2.70. The third kappa shape index (κ3) is 5.02. The van der Waals surface area contributed by atoms with Crippen molar-refractivity contribution in [2.24, 2.45) is 10.4 Å². The molecule has 0 aliphatic heterocycles. The fourth-order valence-electron chi connectivity index (χ4n) is 2.70. The number of ketones is 1. The van der Waals surface area contributed by atoms with Gasteiger partial charge in [-0.3, -0.25) is 14.6 Å². The lowest BCUT2D eigenvalue weighted by atomic mass is 9.77. The van der Waals surface area contributed by atoms with Gasteiger partial charge in [0, 0.05) is 30.7 Å². The molecule has 0 saturated heterocycles. The van der Waals surface area contributed by atoms with E-state index < -0.39 is 0 Å². The molecule has 0 spiro atoms. The van der Waals surface area contributed by atoms with E-state index in [0.29, 0.717) is 24.1 Å². The zero-order valence-electron chi connectivity index (χ0n) is 15.3. The van der Waals surface area contributed by atoms with Crippen LogP contribution in [0.25, 0.3) is 0 Å². The first-order valence-corrected chi connectivity index (χ1v) is 8.62. The topological polar surface area (TPSA) is 78.8 Å². The molecule has 1 atom stereocenters. The van der Waals surface area contributed by atoms with Crippen LogP contribution in [-0.4, -0.2) is 29.1 Å². The zero-order valence-corrected chi connectivity index (χ0v) is 15.3. The van der Waals surface area contributed by atoms with Crippen LogP contribution in [0.15, 0.2) is 40.6 Å². The van der Waals surface area contributed by atoms with Gasteiger partial charge in [-0.25, -0.2) is 0 Å². The molecule has 25 heavy (non-hydrogen) atoms. The predicted octanol–water partition coefficient (Wildman–Crippen LogP) is 4.12. The number of nitrogens with zero attached hydrogens (tertiary/aromatic N) is 1. The molecule has 1 aliphatic carbocycles. The Morgan fingerprint density at radius 1 is 1.32 bits per heavy atom. The van der Waals surface area contributed by atoms with Gasteiger partial charge in [-0.05, 0) is 43.0 Å². The van der Waals surface area contributed by atoms with Crippen molar-refractivity contribution < 1.29 is 14.7 Å². The Labute approximate surface area is 148 Å². The number of allylic oxidation sites excluding steroid dienone is 2. The molecular formula is C20H26N2O3. The molecule has 0 saturated carbocycles. The number of carbonyl (C=O) groups excluding carboxylic acids is 2. The van der Waals surface area contributed by atoms with Crippen molar-refractivity contribution in [3.63, 3.8) is 0 Å². The summed E-state index contributed by atoms with van der Waals surface area (Å²) in [6.45, 7) is 7.89. The molecule has 1 aromatic carbocycles. The van der Waals surface area contributed by atoms with Gasteiger partial charge in [0.2, 0.25) is 0 Å². The minimum Gasteiger partial charge on any atom is -0.511 e. The lowest BCUT2D eigenvalue weighted by Crippen LogP contribution is -2.31. The number of hydrogen-bond acceptors (Lipinski definition) is 4. The van der Waals surface area contributed by atoms with Crippen molar-refractivity contribution in [1.82, 2.24) is 5.32 Å². The van der Waals surface area contributed by atoms with Gasteiger partial charge >= 0.3 is 0 Å². The number of rotatable bonds is 5. The number of nitrogens with one attached hydrogen (secondary N) is 1. The van der Waals surface area contributed by atoms with E-state index in [1.807, 2.05) is 27.7 Å². The molecule has 1 aromatic rings. The summed E-state index contributed by atoms with van der Waals surface area (Å²) in [6.07, 6.45) is 3.15. The van der Waals surface area contributed by atoms with Crippen LogP contribution < -0.4 is 5.32 Å². The van der Waals surface area contributed by atoms with Gasteiger partial charge in [0.05, 0.1) is 11.3 Å². The first-order valence-electron chi connectivity index (χ1n) is 8.62. The molecule has 0 aromatic heterocycles. The maximum atomic E-state index is 12.2. The second kappa shape index (κ2) is 7.64. The monoisotopic (exact) mass is 342 g/mol. The Balaban J connectivity index is 2.10. The molecule has 0 heterocycles. The van der Waals surface area contributed by atoms with Crippen LogP contribution in [-0.2, 0) is 4.79 Å². The smallest absolute Gasteiger partial charge is 0.251 e.